The number of amides is 1. The van der Waals surface area contributed by atoms with E-state index in [0.29, 0.717) is 19.7 Å². The first kappa shape index (κ1) is 13.5. The minimum atomic E-state index is 0.0650. The monoisotopic (exact) mass is 268 g/mol. The van der Waals surface area contributed by atoms with Gasteiger partial charge in [0.05, 0.1) is 19.2 Å². The molecule has 0 bridgehead atoms. The van der Waals surface area contributed by atoms with E-state index in [0.717, 1.165) is 19.3 Å². The molecule has 1 aromatic rings. The Labute approximate surface area is 112 Å². The van der Waals surface area contributed by atoms with E-state index < -0.39 is 0 Å². The first-order valence-electron chi connectivity index (χ1n) is 6.36. The average Bonchev–Trinajstić information content (AvgIpc) is 2.84. The molecule has 1 aromatic heterocycles. The highest BCUT2D eigenvalue weighted by atomic mass is 32.1. The minimum Gasteiger partial charge on any atom is -0.383 e. The minimum absolute atomic E-state index is 0.0650. The molecule has 18 heavy (non-hydrogen) atoms. The number of carbonyl (C=O) groups is 1. The molecule has 100 valence electrons. The van der Waals surface area contributed by atoms with E-state index in [-0.39, 0.29) is 11.9 Å². The zero-order chi connectivity index (χ0) is 12.8. The molecule has 0 radical (unpaired) electrons. The summed E-state index contributed by atoms with van der Waals surface area (Å²) in [5.74, 6) is 0.0650. The van der Waals surface area contributed by atoms with Crippen LogP contribution in [0.15, 0.2) is 11.4 Å². The van der Waals surface area contributed by atoms with E-state index in [4.69, 9.17) is 4.74 Å². The SMILES string of the molecule is COCCNCC(=O)NC1CCCc2sccc21. The Hall–Kier alpha value is -0.910. The first-order chi connectivity index (χ1) is 8.81. The standard InChI is InChI=1S/C13H20N2O2S/c1-17-7-6-14-9-13(16)15-11-3-2-4-12-10(11)5-8-18-12/h5,8,11,14H,2-4,6-7,9H2,1H3,(H,15,16). The lowest BCUT2D eigenvalue weighted by molar-refractivity contribution is -0.121. The predicted octanol–water partition coefficient (Wildman–Crippen LogP) is 1.48. The van der Waals surface area contributed by atoms with Crippen molar-refractivity contribution in [3.05, 3.63) is 21.9 Å². The maximum absolute atomic E-state index is 11.8. The summed E-state index contributed by atoms with van der Waals surface area (Å²) in [5.41, 5.74) is 1.32. The van der Waals surface area contributed by atoms with Gasteiger partial charge in [-0.2, -0.15) is 0 Å². The number of methoxy groups -OCH3 is 1. The Morgan fingerprint density at radius 1 is 1.61 bits per heavy atom. The zero-order valence-electron chi connectivity index (χ0n) is 10.7. The normalized spacial score (nSPS) is 18.4. The number of aryl methyl sites for hydroxylation is 1. The van der Waals surface area contributed by atoms with Gasteiger partial charge in [0.15, 0.2) is 0 Å². The van der Waals surface area contributed by atoms with E-state index in [9.17, 15) is 4.79 Å². The first-order valence-corrected chi connectivity index (χ1v) is 7.24. The van der Waals surface area contributed by atoms with Crippen LogP contribution in [-0.4, -0.2) is 32.7 Å². The van der Waals surface area contributed by atoms with Gasteiger partial charge in [0.2, 0.25) is 5.91 Å². The molecule has 0 saturated heterocycles. The lowest BCUT2D eigenvalue weighted by atomic mass is 9.94. The topological polar surface area (TPSA) is 50.4 Å². The molecular weight excluding hydrogens is 248 g/mol. The highest BCUT2D eigenvalue weighted by Gasteiger charge is 2.22. The van der Waals surface area contributed by atoms with Crippen LogP contribution in [0.25, 0.3) is 0 Å². The quantitative estimate of drug-likeness (QED) is 0.768. The van der Waals surface area contributed by atoms with Crippen molar-refractivity contribution in [2.45, 2.75) is 25.3 Å². The van der Waals surface area contributed by atoms with E-state index in [2.05, 4.69) is 22.1 Å². The van der Waals surface area contributed by atoms with Crippen LogP contribution in [0.3, 0.4) is 0 Å². The second-order valence-electron chi connectivity index (χ2n) is 4.48. The molecular formula is C13H20N2O2S. The Morgan fingerprint density at radius 2 is 2.50 bits per heavy atom. The van der Waals surface area contributed by atoms with E-state index in [1.165, 1.54) is 10.4 Å². The third kappa shape index (κ3) is 3.54. The molecule has 0 aliphatic heterocycles. The fourth-order valence-corrected chi connectivity index (χ4v) is 3.25. The van der Waals surface area contributed by atoms with E-state index in [1.807, 2.05) is 0 Å². The van der Waals surface area contributed by atoms with Crippen LogP contribution in [0.4, 0.5) is 0 Å². The van der Waals surface area contributed by atoms with Crippen molar-refractivity contribution in [2.75, 3.05) is 26.8 Å². The largest absolute Gasteiger partial charge is 0.383 e. The van der Waals surface area contributed by atoms with Gasteiger partial charge < -0.3 is 15.4 Å². The van der Waals surface area contributed by atoms with E-state index in [1.54, 1.807) is 18.4 Å². The molecule has 0 spiro atoms. The van der Waals surface area contributed by atoms with Crippen molar-refractivity contribution in [3.8, 4) is 0 Å². The van der Waals surface area contributed by atoms with Crippen LogP contribution < -0.4 is 10.6 Å². The van der Waals surface area contributed by atoms with Gasteiger partial charge in [-0.3, -0.25) is 4.79 Å². The highest BCUT2D eigenvalue weighted by molar-refractivity contribution is 7.10. The molecule has 5 heteroatoms. The fraction of sp³-hybridized carbons (Fsp3) is 0.615. The lowest BCUT2D eigenvalue weighted by Gasteiger charge is -2.23. The lowest BCUT2D eigenvalue weighted by Crippen LogP contribution is -2.38. The molecule has 1 heterocycles. The number of rotatable bonds is 6. The van der Waals surface area contributed by atoms with Crippen molar-refractivity contribution >= 4 is 17.2 Å². The summed E-state index contributed by atoms with van der Waals surface area (Å²) >= 11 is 1.80. The second kappa shape index (κ2) is 6.87. The van der Waals surface area contributed by atoms with Crippen LogP contribution in [0, 0.1) is 0 Å². The van der Waals surface area contributed by atoms with Crippen molar-refractivity contribution in [3.63, 3.8) is 0 Å². The van der Waals surface area contributed by atoms with Gasteiger partial charge in [0, 0.05) is 18.5 Å². The van der Waals surface area contributed by atoms with Crippen molar-refractivity contribution in [1.82, 2.24) is 10.6 Å². The number of carbonyl (C=O) groups excluding carboxylic acids is 1. The highest BCUT2D eigenvalue weighted by Crippen LogP contribution is 2.32. The molecule has 0 fully saturated rings. The van der Waals surface area contributed by atoms with E-state index >= 15 is 0 Å². The Kier molecular flexibility index (Phi) is 5.16. The summed E-state index contributed by atoms with van der Waals surface area (Å²) in [6, 6.07) is 2.35. The number of nitrogens with one attached hydrogen (secondary N) is 2. The number of hydrogen-bond donors (Lipinski definition) is 2. The van der Waals surface area contributed by atoms with Crippen LogP contribution in [-0.2, 0) is 16.0 Å². The van der Waals surface area contributed by atoms with Gasteiger partial charge in [-0.25, -0.2) is 0 Å². The van der Waals surface area contributed by atoms with Gasteiger partial charge in [-0.1, -0.05) is 0 Å². The number of thiophene rings is 1. The molecule has 1 aliphatic rings. The molecule has 0 saturated carbocycles. The summed E-state index contributed by atoms with van der Waals surface area (Å²) in [5, 5.41) is 8.28. The maximum atomic E-state index is 11.8. The van der Waals surface area contributed by atoms with Gasteiger partial charge >= 0.3 is 0 Å². The molecule has 1 amide bonds. The summed E-state index contributed by atoms with van der Waals surface area (Å²) in [6.45, 7) is 1.70. The third-order valence-corrected chi connectivity index (χ3v) is 4.15. The summed E-state index contributed by atoms with van der Waals surface area (Å²) in [7, 11) is 1.65. The molecule has 0 aromatic carbocycles. The summed E-state index contributed by atoms with van der Waals surface area (Å²) < 4.78 is 4.92. The Morgan fingerprint density at radius 3 is 3.33 bits per heavy atom. The van der Waals surface area contributed by atoms with Crippen LogP contribution >= 0.6 is 11.3 Å². The van der Waals surface area contributed by atoms with Crippen LogP contribution in [0.5, 0.6) is 0 Å². The van der Waals surface area contributed by atoms with Crippen molar-refractivity contribution in [2.24, 2.45) is 0 Å². The second-order valence-corrected chi connectivity index (χ2v) is 5.48. The molecule has 1 unspecified atom stereocenters. The van der Waals surface area contributed by atoms with Gasteiger partial charge in [-0.15, -0.1) is 11.3 Å². The van der Waals surface area contributed by atoms with Gasteiger partial charge in [0.1, 0.15) is 0 Å². The summed E-state index contributed by atoms with van der Waals surface area (Å²) in [6.07, 6.45) is 3.37. The smallest absolute Gasteiger partial charge is 0.234 e. The Bertz CT molecular complexity index is 392. The van der Waals surface area contributed by atoms with Crippen molar-refractivity contribution in [1.29, 1.82) is 0 Å². The average molecular weight is 268 g/mol. The van der Waals surface area contributed by atoms with Gasteiger partial charge in [0.25, 0.3) is 0 Å². The summed E-state index contributed by atoms with van der Waals surface area (Å²) in [4.78, 5) is 13.2. The zero-order valence-corrected chi connectivity index (χ0v) is 11.5. The molecule has 1 aliphatic carbocycles. The van der Waals surface area contributed by atoms with Crippen molar-refractivity contribution < 1.29 is 9.53 Å². The molecule has 4 nitrogen and oxygen atoms in total. The fourth-order valence-electron chi connectivity index (χ4n) is 2.26. The number of ether oxygens (including phenoxy) is 1. The molecule has 2 rings (SSSR count). The third-order valence-electron chi connectivity index (χ3n) is 3.16. The van der Waals surface area contributed by atoms with Crippen LogP contribution in [0.2, 0.25) is 0 Å². The van der Waals surface area contributed by atoms with Gasteiger partial charge in [-0.05, 0) is 36.3 Å². The number of hydrogen-bond acceptors (Lipinski definition) is 4. The maximum Gasteiger partial charge on any atom is 0.234 e. The molecule has 1 atom stereocenters. The Balaban J connectivity index is 1.78. The van der Waals surface area contributed by atoms with Crippen LogP contribution in [0.1, 0.15) is 29.3 Å². The predicted molar refractivity (Wildman–Crippen MR) is 72.9 cm³/mol. The molecule has 2 N–H and O–H groups in total. The number of fused-ring (bicyclic) bond motifs is 1.